The summed E-state index contributed by atoms with van der Waals surface area (Å²) in [4.78, 5) is 24.4. The van der Waals surface area contributed by atoms with Gasteiger partial charge >= 0.3 is 12.1 Å². The fourth-order valence-electron chi connectivity index (χ4n) is 4.24. The van der Waals surface area contributed by atoms with Gasteiger partial charge < -0.3 is 19.7 Å². The van der Waals surface area contributed by atoms with Crippen LogP contribution >= 0.6 is 0 Å². The number of amides is 1. The molecular formula is C34H33F3N2O4. The Morgan fingerprint density at radius 2 is 1.56 bits per heavy atom. The van der Waals surface area contributed by atoms with Crippen LogP contribution in [0, 0.1) is 5.41 Å². The molecule has 0 aliphatic rings. The van der Waals surface area contributed by atoms with Crippen molar-refractivity contribution in [3.05, 3.63) is 125 Å². The van der Waals surface area contributed by atoms with Gasteiger partial charge in [-0.2, -0.15) is 13.2 Å². The first-order chi connectivity index (χ1) is 20.4. The largest absolute Gasteiger partial charge is 0.481 e. The highest BCUT2D eigenvalue weighted by molar-refractivity contribution is 5.94. The first kappa shape index (κ1) is 31.3. The van der Waals surface area contributed by atoms with Gasteiger partial charge in [-0.05, 0) is 54.3 Å². The van der Waals surface area contributed by atoms with Crippen LogP contribution < -0.4 is 5.32 Å². The highest BCUT2D eigenvalue weighted by Gasteiger charge is 2.30. The lowest BCUT2D eigenvalue weighted by Crippen LogP contribution is -2.29. The van der Waals surface area contributed by atoms with E-state index in [1.807, 2.05) is 77.5 Å². The van der Waals surface area contributed by atoms with Crippen molar-refractivity contribution in [3.63, 3.8) is 0 Å². The average Bonchev–Trinajstić information content (AvgIpc) is 3.41. The number of benzene rings is 3. The number of rotatable bonds is 12. The van der Waals surface area contributed by atoms with Crippen LogP contribution in [0.3, 0.4) is 0 Å². The molecule has 2 N–H and O–H groups in total. The molecule has 0 spiro atoms. The molecule has 1 amide bonds. The molecule has 0 saturated carbocycles. The molecule has 0 radical (unpaired) electrons. The molecule has 0 bridgehead atoms. The standard InChI is InChI=1S/C34H33F3N2O4/c1-33(2,32(41)42)23-43-22-26-12-10-24(11-13-26)7-6-18-39-21-28(27-8-4-3-5-9-27)19-30(39)31(40)38-20-25-14-16-29(17-15-25)34(35,36)37/h3-17,19,21H,18,20,22-23H2,1-2H3,(H,38,40)(H,41,42). The van der Waals surface area contributed by atoms with Crippen LogP contribution in [0.4, 0.5) is 13.2 Å². The minimum absolute atomic E-state index is 0.0858. The van der Waals surface area contributed by atoms with Gasteiger partial charge in [-0.15, -0.1) is 0 Å². The Labute approximate surface area is 248 Å². The number of nitrogens with one attached hydrogen (secondary N) is 1. The number of hydrogen-bond acceptors (Lipinski definition) is 3. The minimum Gasteiger partial charge on any atom is -0.481 e. The summed E-state index contributed by atoms with van der Waals surface area (Å²) in [5.41, 5.74) is 2.96. The number of hydrogen-bond donors (Lipinski definition) is 2. The van der Waals surface area contributed by atoms with Crippen LogP contribution in [0.25, 0.3) is 17.2 Å². The van der Waals surface area contributed by atoms with Gasteiger partial charge in [0.05, 0.1) is 24.2 Å². The van der Waals surface area contributed by atoms with Crippen molar-refractivity contribution in [2.75, 3.05) is 6.61 Å². The number of alkyl halides is 3. The molecule has 0 aliphatic heterocycles. The maximum Gasteiger partial charge on any atom is 0.416 e. The third-order valence-corrected chi connectivity index (χ3v) is 6.87. The minimum atomic E-state index is -4.42. The fraction of sp³-hybridized carbons (Fsp3) is 0.235. The van der Waals surface area contributed by atoms with E-state index in [4.69, 9.17) is 4.74 Å². The molecule has 43 heavy (non-hydrogen) atoms. The lowest BCUT2D eigenvalue weighted by molar-refractivity contribution is -0.150. The average molecular weight is 591 g/mol. The van der Waals surface area contributed by atoms with E-state index in [9.17, 15) is 27.9 Å². The maximum absolute atomic E-state index is 13.2. The maximum atomic E-state index is 13.2. The summed E-state index contributed by atoms with van der Waals surface area (Å²) < 4.78 is 46.0. The summed E-state index contributed by atoms with van der Waals surface area (Å²) in [6.07, 6.45) is 1.35. The van der Waals surface area contributed by atoms with Crippen LogP contribution in [-0.4, -0.2) is 28.2 Å². The van der Waals surface area contributed by atoms with E-state index in [1.54, 1.807) is 19.9 Å². The second kappa shape index (κ2) is 13.6. The van der Waals surface area contributed by atoms with Gasteiger partial charge in [-0.25, -0.2) is 0 Å². The summed E-state index contributed by atoms with van der Waals surface area (Å²) >= 11 is 0. The lowest BCUT2D eigenvalue weighted by Gasteiger charge is -2.18. The Kier molecular flexibility index (Phi) is 9.88. The predicted molar refractivity (Wildman–Crippen MR) is 159 cm³/mol. The Balaban J connectivity index is 1.42. The zero-order valence-corrected chi connectivity index (χ0v) is 23.9. The molecule has 224 valence electrons. The smallest absolute Gasteiger partial charge is 0.416 e. The summed E-state index contributed by atoms with van der Waals surface area (Å²) in [7, 11) is 0. The molecule has 0 aliphatic carbocycles. The Morgan fingerprint density at radius 3 is 2.19 bits per heavy atom. The van der Waals surface area contributed by atoms with Crippen LogP contribution in [0.5, 0.6) is 0 Å². The van der Waals surface area contributed by atoms with Crippen molar-refractivity contribution >= 4 is 18.0 Å². The second-order valence-electron chi connectivity index (χ2n) is 10.8. The third-order valence-electron chi connectivity index (χ3n) is 6.87. The van der Waals surface area contributed by atoms with Crippen LogP contribution in [-0.2, 0) is 35.4 Å². The molecule has 4 aromatic rings. The van der Waals surface area contributed by atoms with Gasteiger partial charge in [0.2, 0.25) is 0 Å². The first-order valence-electron chi connectivity index (χ1n) is 13.7. The van der Waals surface area contributed by atoms with E-state index in [0.29, 0.717) is 24.4 Å². The number of ether oxygens (including phenoxy) is 1. The molecule has 0 saturated heterocycles. The van der Waals surface area contributed by atoms with Gasteiger partial charge in [0.25, 0.3) is 5.91 Å². The van der Waals surface area contributed by atoms with E-state index in [2.05, 4.69) is 5.32 Å². The number of halogens is 3. The highest BCUT2D eigenvalue weighted by atomic mass is 19.4. The number of nitrogens with zero attached hydrogens (tertiary/aromatic N) is 1. The summed E-state index contributed by atoms with van der Waals surface area (Å²) in [5.74, 6) is -1.25. The van der Waals surface area contributed by atoms with Gasteiger partial charge in [-0.3, -0.25) is 9.59 Å². The van der Waals surface area contributed by atoms with Crippen molar-refractivity contribution < 1.29 is 32.6 Å². The van der Waals surface area contributed by atoms with E-state index in [-0.39, 0.29) is 19.1 Å². The number of aliphatic carboxylic acids is 1. The quantitative estimate of drug-likeness (QED) is 0.180. The molecule has 6 nitrogen and oxygen atoms in total. The van der Waals surface area contributed by atoms with E-state index in [0.717, 1.165) is 34.4 Å². The van der Waals surface area contributed by atoms with Gasteiger partial charge in [0.15, 0.2) is 0 Å². The second-order valence-corrected chi connectivity index (χ2v) is 10.8. The molecule has 0 unspecified atom stereocenters. The Hall–Kier alpha value is -4.63. The molecule has 4 rings (SSSR count). The molecule has 1 heterocycles. The molecule has 0 atom stereocenters. The zero-order valence-electron chi connectivity index (χ0n) is 23.9. The third kappa shape index (κ3) is 8.68. The first-order valence-corrected chi connectivity index (χ1v) is 13.7. The van der Waals surface area contributed by atoms with Gasteiger partial charge in [0, 0.05) is 24.8 Å². The van der Waals surface area contributed by atoms with Crippen LogP contribution in [0.2, 0.25) is 0 Å². The predicted octanol–water partition coefficient (Wildman–Crippen LogP) is 7.44. The molecule has 0 fully saturated rings. The molecule has 3 aromatic carbocycles. The number of carboxylic acids is 1. The highest BCUT2D eigenvalue weighted by Crippen LogP contribution is 2.29. The summed E-state index contributed by atoms with van der Waals surface area (Å²) in [6.45, 7) is 4.13. The summed E-state index contributed by atoms with van der Waals surface area (Å²) in [6, 6.07) is 23.8. The van der Waals surface area contributed by atoms with E-state index in [1.165, 1.54) is 12.1 Å². The Morgan fingerprint density at radius 1 is 0.907 bits per heavy atom. The van der Waals surface area contributed by atoms with E-state index >= 15 is 0 Å². The zero-order chi connectivity index (χ0) is 31.0. The lowest BCUT2D eigenvalue weighted by atomic mass is 9.95. The van der Waals surface area contributed by atoms with Gasteiger partial charge in [0.1, 0.15) is 5.69 Å². The summed E-state index contributed by atoms with van der Waals surface area (Å²) in [5, 5.41) is 12.0. The van der Waals surface area contributed by atoms with Crippen molar-refractivity contribution in [1.29, 1.82) is 0 Å². The number of carbonyl (C=O) groups is 2. The topological polar surface area (TPSA) is 80.6 Å². The Bertz CT molecular complexity index is 1560. The number of carboxylic acid groups (broad SMARTS) is 1. The van der Waals surface area contributed by atoms with Crippen LogP contribution in [0.1, 0.15) is 46.6 Å². The molecular weight excluding hydrogens is 557 g/mol. The van der Waals surface area contributed by atoms with E-state index < -0.39 is 23.1 Å². The normalized spacial score (nSPS) is 12.0. The van der Waals surface area contributed by atoms with Crippen molar-refractivity contribution in [2.24, 2.45) is 5.41 Å². The van der Waals surface area contributed by atoms with Crippen molar-refractivity contribution in [2.45, 2.75) is 39.7 Å². The number of aromatic nitrogens is 1. The monoisotopic (exact) mass is 590 g/mol. The fourth-order valence-corrected chi connectivity index (χ4v) is 4.24. The molecule has 1 aromatic heterocycles. The molecule has 9 heteroatoms. The number of allylic oxidation sites excluding steroid dienone is 1. The van der Waals surface area contributed by atoms with Crippen molar-refractivity contribution in [1.82, 2.24) is 9.88 Å². The van der Waals surface area contributed by atoms with Crippen LogP contribution in [0.15, 0.2) is 97.2 Å². The van der Waals surface area contributed by atoms with Gasteiger partial charge in [-0.1, -0.05) is 78.9 Å². The number of carbonyl (C=O) groups excluding carboxylic acids is 1. The van der Waals surface area contributed by atoms with Crippen molar-refractivity contribution in [3.8, 4) is 11.1 Å². The SMILES string of the molecule is CC(C)(COCc1ccc(C=CCn2cc(-c3ccccc3)cc2C(=O)NCc2ccc(C(F)(F)F)cc2)cc1)C(=O)O.